The molecule has 0 saturated carbocycles. The van der Waals surface area contributed by atoms with Crippen LogP contribution in [-0.4, -0.2) is 5.78 Å². The SMILES string of the molecule is Cc1ccc(C(=O)C2C(C)(C)c3ccccc3C2(C)C)cc1. The van der Waals surface area contributed by atoms with Crippen molar-refractivity contribution >= 4 is 5.78 Å². The van der Waals surface area contributed by atoms with Crippen LogP contribution in [0.25, 0.3) is 0 Å². The fourth-order valence-corrected chi connectivity index (χ4v) is 4.36. The van der Waals surface area contributed by atoms with Crippen molar-refractivity contribution in [3.8, 4) is 0 Å². The van der Waals surface area contributed by atoms with Gasteiger partial charge in [0, 0.05) is 22.3 Å². The van der Waals surface area contributed by atoms with Gasteiger partial charge in [-0.2, -0.15) is 0 Å². The molecule has 0 radical (unpaired) electrons. The van der Waals surface area contributed by atoms with Crippen molar-refractivity contribution in [2.75, 3.05) is 0 Å². The average molecular weight is 292 g/mol. The van der Waals surface area contributed by atoms with E-state index in [4.69, 9.17) is 0 Å². The molecule has 0 fully saturated rings. The monoisotopic (exact) mass is 292 g/mol. The summed E-state index contributed by atoms with van der Waals surface area (Å²) >= 11 is 0. The lowest BCUT2D eigenvalue weighted by Gasteiger charge is -2.35. The molecule has 0 atom stereocenters. The topological polar surface area (TPSA) is 17.1 Å². The summed E-state index contributed by atoms with van der Waals surface area (Å²) in [4.78, 5) is 13.3. The Bertz CT molecular complexity index is 685. The number of carbonyl (C=O) groups is 1. The van der Waals surface area contributed by atoms with Gasteiger partial charge in [0.1, 0.15) is 0 Å². The average Bonchev–Trinajstić information content (AvgIpc) is 2.63. The van der Waals surface area contributed by atoms with Crippen LogP contribution in [0.2, 0.25) is 0 Å². The summed E-state index contributed by atoms with van der Waals surface area (Å²) in [7, 11) is 0. The van der Waals surface area contributed by atoms with Crippen LogP contribution in [0.1, 0.15) is 54.7 Å². The first-order valence-electron chi connectivity index (χ1n) is 7.97. The fraction of sp³-hybridized carbons (Fsp3) is 0.381. The number of rotatable bonds is 2. The molecular weight excluding hydrogens is 268 g/mol. The first-order valence-corrected chi connectivity index (χ1v) is 7.97. The summed E-state index contributed by atoms with van der Waals surface area (Å²) in [5, 5.41) is 0. The third-order valence-corrected chi connectivity index (χ3v) is 5.36. The number of carbonyl (C=O) groups excluding carboxylic acids is 1. The number of aryl methyl sites for hydroxylation is 1. The number of Topliss-reactive ketones (excluding diaryl/α,β-unsaturated/α-hetero) is 1. The lowest BCUT2D eigenvalue weighted by atomic mass is 9.67. The zero-order valence-electron chi connectivity index (χ0n) is 14.1. The van der Waals surface area contributed by atoms with Gasteiger partial charge in [0.25, 0.3) is 0 Å². The summed E-state index contributed by atoms with van der Waals surface area (Å²) in [6.45, 7) is 10.9. The van der Waals surface area contributed by atoms with Crippen molar-refractivity contribution in [3.63, 3.8) is 0 Å². The van der Waals surface area contributed by atoms with Gasteiger partial charge in [0.15, 0.2) is 5.78 Å². The highest BCUT2D eigenvalue weighted by atomic mass is 16.1. The van der Waals surface area contributed by atoms with E-state index in [1.54, 1.807) is 0 Å². The van der Waals surface area contributed by atoms with Crippen LogP contribution in [0.5, 0.6) is 0 Å². The second kappa shape index (κ2) is 4.81. The minimum Gasteiger partial charge on any atom is -0.294 e. The van der Waals surface area contributed by atoms with Gasteiger partial charge in [-0.3, -0.25) is 4.79 Å². The molecule has 0 amide bonds. The van der Waals surface area contributed by atoms with Crippen molar-refractivity contribution in [2.24, 2.45) is 5.92 Å². The maximum absolute atomic E-state index is 13.3. The van der Waals surface area contributed by atoms with E-state index in [-0.39, 0.29) is 22.5 Å². The Morgan fingerprint density at radius 3 is 1.73 bits per heavy atom. The minimum atomic E-state index is -0.151. The highest BCUT2D eigenvalue weighted by Gasteiger charge is 2.54. The van der Waals surface area contributed by atoms with Crippen molar-refractivity contribution in [2.45, 2.75) is 45.4 Å². The molecule has 2 aromatic rings. The molecule has 22 heavy (non-hydrogen) atoms. The van der Waals surface area contributed by atoms with Gasteiger partial charge < -0.3 is 0 Å². The molecule has 114 valence electrons. The highest BCUT2D eigenvalue weighted by molar-refractivity contribution is 6.00. The smallest absolute Gasteiger partial charge is 0.167 e. The standard InChI is InChI=1S/C21H24O/c1-14-10-12-15(13-11-14)18(22)19-20(2,3)16-8-6-7-9-17(16)21(19,4)5/h6-13,19H,1-5H3. The molecule has 0 aromatic heterocycles. The molecule has 2 aromatic carbocycles. The van der Waals surface area contributed by atoms with Gasteiger partial charge in [-0.05, 0) is 18.1 Å². The van der Waals surface area contributed by atoms with Gasteiger partial charge in [0.05, 0.1) is 0 Å². The Labute approximate surface area is 133 Å². The Morgan fingerprint density at radius 1 is 0.818 bits per heavy atom. The molecular formula is C21H24O. The first kappa shape index (κ1) is 15.0. The maximum atomic E-state index is 13.3. The van der Waals surface area contributed by atoms with Crippen LogP contribution in [0.15, 0.2) is 48.5 Å². The quantitative estimate of drug-likeness (QED) is 0.707. The zero-order valence-corrected chi connectivity index (χ0v) is 14.1. The number of ketones is 1. The largest absolute Gasteiger partial charge is 0.294 e. The number of fused-ring (bicyclic) bond motifs is 1. The molecule has 0 heterocycles. The number of hydrogen-bond donors (Lipinski definition) is 0. The summed E-state index contributed by atoms with van der Waals surface area (Å²) in [5.74, 6) is 0.214. The molecule has 1 aliphatic rings. The lowest BCUT2D eigenvalue weighted by molar-refractivity contribution is 0.0807. The number of benzene rings is 2. The minimum absolute atomic E-state index is 0.0416. The van der Waals surface area contributed by atoms with Crippen molar-refractivity contribution in [1.82, 2.24) is 0 Å². The van der Waals surface area contributed by atoms with Gasteiger partial charge in [-0.15, -0.1) is 0 Å². The zero-order chi connectivity index (χ0) is 16.1. The molecule has 0 aliphatic heterocycles. The summed E-state index contributed by atoms with van der Waals surface area (Å²) in [6.07, 6.45) is 0. The maximum Gasteiger partial charge on any atom is 0.167 e. The third-order valence-electron chi connectivity index (χ3n) is 5.36. The molecule has 0 bridgehead atoms. The van der Waals surface area contributed by atoms with Crippen LogP contribution in [0.3, 0.4) is 0 Å². The Balaban J connectivity index is 2.11. The van der Waals surface area contributed by atoms with Crippen LogP contribution >= 0.6 is 0 Å². The van der Waals surface area contributed by atoms with E-state index in [1.165, 1.54) is 16.7 Å². The molecule has 0 N–H and O–H groups in total. The Kier molecular flexibility index (Phi) is 3.28. The first-order chi connectivity index (χ1) is 10.3. The van der Waals surface area contributed by atoms with Crippen LogP contribution in [0, 0.1) is 12.8 Å². The Hall–Kier alpha value is -1.89. The summed E-state index contributed by atoms with van der Waals surface area (Å²) < 4.78 is 0. The van der Waals surface area contributed by atoms with Gasteiger partial charge in [-0.1, -0.05) is 81.8 Å². The third kappa shape index (κ3) is 2.03. The van der Waals surface area contributed by atoms with Gasteiger partial charge in [-0.25, -0.2) is 0 Å². The molecule has 1 nitrogen and oxygen atoms in total. The van der Waals surface area contributed by atoms with Crippen LogP contribution < -0.4 is 0 Å². The highest BCUT2D eigenvalue weighted by Crippen LogP contribution is 2.54. The molecule has 0 unspecified atom stereocenters. The van der Waals surface area contributed by atoms with Gasteiger partial charge >= 0.3 is 0 Å². The molecule has 1 aliphatic carbocycles. The summed E-state index contributed by atoms with van der Waals surface area (Å²) in [5.41, 5.74) is 4.33. The van der Waals surface area contributed by atoms with E-state index < -0.39 is 0 Å². The molecule has 3 rings (SSSR count). The van der Waals surface area contributed by atoms with Crippen LogP contribution in [0.4, 0.5) is 0 Å². The normalized spacial score (nSPS) is 19.0. The number of hydrogen-bond acceptors (Lipinski definition) is 1. The van der Waals surface area contributed by atoms with Gasteiger partial charge in [0.2, 0.25) is 0 Å². The summed E-state index contributed by atoms with van der Waals surface area (Å²) in [6, 6.07) is 16.5. The predicted molar refractivity (Wildman–Crippen MR) is 91.5 cm³/mol. The Morgan fingerprint density at radius 2 is 1.27 bits per heavy atom. The van der Waals surface area contributed by atoms with Crippen LogP contribution in [-0.2, 0) is 10.8 Å². The predicted octanol–water partition coefficient (Wildman–Crippen LogP) is 5.06. The van der Waals surface area contributed by atoms with E-state index in [2.05, 4.69) is 52.0 Å². The fourth-order valence-electron chi connectivity index (χ4n) is 4.36. The molecule has 1 heteroatoms. The molecule has 0 spiro atoms. The second-order valence-corrected chi connectivity index (χ2v) is 7.65. The van der Waals surface area contributed by atoms with E-state index in [0.717, 1.165) is 5.56 Å². The van der Waals surface area contributed by atoms with E-state index >= 15 is 0 Å². The van der Waals surface area contributed by atoms with Crippen molar-refractivity contribution in [1.29, 1.82) is 0 Å². The van der Waals surface area contributed by atoms with E-state index in [1.807, 2.05) is 31.2 Å². The van der Waals surface area contributed by atoms with Crippen molar-refractivity contribution < 1.29 is 4.79 Å². The lowest BCUT2D eigenvalue weighted by Crippen LogP contribution is -2.40. The van der Waals surface area contributed by atoms with E-state index in [0.29, 0.717) is 0 Å². The molecule has 0 saturated heterocycles. The second-order valence-electron chi connectivity index (χ2n) is 7.65. The van der Waals surface area contributed by atoms with E-state index in [9.17, 15) is 4.79 Å². The van der Waals surface area contributed by atoms with Crippen molar-refractivity contribution in [3.05, 3.63) is 70.8 Å².